The molecule has 3 amide bonds. The molecule has 1 aromatic carbocycles. The van der Waals surface area contributed by atoms with Crippen LogP contribution in [0.1, 0.15) is 33.1 Å². The topological polar surface area (TPSA) is 66.5 Å². The van der Waals surface area contributed by atoms with Crippen LogP contribution in [-0.2, 0) is 14.4 Å². The van der Waals surface area contributed by atoms with E-state index in [0.717, 1.165) is 0 Å². The van der Waals surface area contributed by atoms with Gasteiger partial charge in [-0.05, 0) is 49.4 Å². The van der Waals surface area contributed by atoms with Crippen LogP contribution in [0.2, 0.25) is 0 Å². The molecule has 1 aliphatic heterocycles. The molecule has 0 radical (unpaired) electrons. The van der Waals surface area contributed by atoms with Gasteiger partial charge in [-0.3, -0.25) is 19.3 Å². The zero-order chi connectivity index (χ0) is 18.8. The number of hydrogen-bond donors (Lipinski definition) is 1. The molecular weight excluding hydrogens is 335 g/mol. The molecule has 0 bridgehead atoms. The molecule has 1 aromatic rings. The van der Waals surface area contributed by atoms with Crippen LogP contribution >= 0.6 is 0 Å². The van der Waals surface area contributed by atoms with E-state index in [0.29, 0.717) is 24.9 Å². The fraction of sp³-hybridized carbons (Fsp3) is 0.450. The minimum absolute atomic E-state index is 0.125. The number of carbonyl (C=O) groups excluding carboxylic acids is 3. The SMILES string of the molecule is CC(C)CC(C(=O)Nc1ccc(F)cc1)N1C(=O)C2CC=CCC2C1=O. The van der Waals surface area contributed by atoms with Gasteiger partial charge in [-0.15, -0.1) is 0 Å². The van der Waals surface area contributed by atoms with Crippen molar-refractivity contribution in [1.29, 1.82) is 0 Å². The number of rotatable bonds is 5. The number of amides is 3. The molecule has 1 fully saturated rings. The molecule has 26 heavy (non-hydrogen) atoms. The Bertz CT molecular complexity index is 716. The number of imide groups is 1. The first-order valence-electron chi connectivity index (χ1n) is 8.97. The summed E-state index contributed by atoms with van der Waals surface area (Å²) in [7, 11) is 0. The number of benzene rings is 1. The molecular formula is C20H23FN2O3. The van der Waals surface area contributed by atoms with E-state index in [1.807, 2.05) is 26.0 Å². The fourth-order valence-electron chi connectivity index (χ4n) is 3.67. The number of carbonyl (C=O) groups is 3. The molecule has 1 saturated heterocycles. The number of hydrogen-bond acceptors (Lipinski definition) is 3. The largest absolute Gasteiger partial charge is 0.324 e. The highest BCUT2D eigenvalue weighted by atomic mass is 19.1. The highest BCUT2D eigenvalue weighted by Gasteiger charge is 2.51. The third-order valence-corrected chi connectivity index (χ3v) is 4.96. The molecule has 2 aliphatic rings. The van der Waals surface area contributed by atoms with Crippen molar-refractivity contribution in [2.75, 3.05) is 5.32 Å². The van der Waals surface area contributed by atoms with Gasteiger partial charge in [0.25, 0.3) is 0 Å². The van der Waals surface area contributed by atoms with Crippen LogP contribution in [0, 0.1) is 23.6 Å². The summed E-state index contributed by atoms with van der Waals surface area (Å²) in [6.07, 6.45) is 5.31. The molecule has 6 heteroatoms. The van der Waals surface area contributed by atoms with Crippen LogP contribution in [0.15, 0.2) is 36.4 Å². The summed E-state index contributed by atoms with van der Waals surface area (Å²) in [5.41, 5.74) is 0.434. The maximum Gasteiger partial charge on any atom is 0.247 e. The van der Waals surface area contributed by atoms with E-state index in [9.17, 15) is 18.8 Å². The summed E-state index contributed by atoms with van der Waals surface area (Å²) in [5, 5.41) is 2.71. The maximum atomic E-state index is 13.1. The summed E-state index contributed by atoms with van der Waals surface area (Å²) >= 11 is 0. The highest BCUT2D eigenvalue weighted by molar-refractivity contribution is 6.10. The number of nitrogens with zero attached hydrogens (tertiary/aromatic N) is 1. The van der Waals surface area contributed by atoms with Crippen molar-refractivity contribution >= 4 is 23.4 Å². The maximum absolute atomic E-state index is 13.1. The van der Waals surface area contributed by atoms with Crippen LogP contribution in [0.3, 0.4) is 0 Å². The van der Waals surface area contributed by atoms with E-state index in [4.69, 9.17) is 0 Å². The Balaban J connectivity index is 1.83. The number of nitrogens with one attached hydrogen (secondary N) is 1. The molecule has 0 spiro atoms. The average molecular weight is 358 g/mol. The molecule has 5 nitrogen and oxygen atoms in total. The number of anilines is 1. The molecule has 0 saturated carbocycles. The fourth-order valence-corrected chi connectivity index (χ4v) is 3.67. The van der Waals surface area contributed by atoms with E-state index in [-0.39, 0.29) is 29.6 Å². The van der Waals surface area contributed by atoms with Crippen molar-refractivity contribution in [3.05, 3.63) is 42.2 Å². The van der Waals surface area contributed by atoms with Gasteiger partial charge in [0.15, 0.2) is 0 Å². The van der Waals surface area contributed by atoms with Crippen molar-refractivity contribution in [3.63, 3.8) is 0 Å². The molecule has 0 aromatic heterocycles. The first-order valence-corrected chi connectivity index (χ1v) is 8.97. The average Bonchev–Trinajstić information content (AvgIpc) is 2.86. The first-order chi connectivity index (χ1) is 12.4. The molecule has 3 rings (SSSR count). The number of fused-ring (bicyclic) bond motifs is 1. The minimum atomic E-state index is -0.856. The third-order valence-electron chi connectivity index (χ3n) is 4.96. The van der Waals surface area contributed by atoms with Crippen LogP contribution in [-0.4, -0.2) is 28.7 Å². The lowest BCUT2D eigenvalue weighted by Crippen LogP contribution is -2.48. The zero-order valence-electron chi connectivity index (χ0n) is 14.9. The first kappa shape index (κ1) is 18.3. The quantitative estimate of drug-likeness (QED) is 0.650. The van der Waals surface area contributed by atoms with Gasteiger partial charge in [0.05, 0.1) is 11.8 Å². The molecule has 138 valence electrons. The Morgan fingerprint density at radius 2 is 1.65 bits per heavy atom. The Morgan fingerprint density at radius 1 is 1.12 bits per heavy atom. The van der Waals surface area contributed by atoms with Crippen molar-refractivity contribution in [3.8, 4) is 0 Å². The smallest absolute Gasteiger partial charge is 0.247 e. The standard InChI is InChI=1S/C20H23FN2O3/c1-12(2)11-17(18(24)22-14-9-7-13(21)8-10-14)23-19(25)15-5-3-4-6-16(15)20(23)26/h3-4,7-10,12,15-17H,5-6,11H2,1-2H3,(H,22,24). The molecule has 1 N–H and O–H groups in total. The molecule has 1 aliphatic carbocycles. The van der Waals surface area contributed by atoms with Crippen LogP contribution in [0.25, 0.3) is 0 Å². The summed E-state index contributed by atoms with van der Waals surface area (Å²) < 4.78 is 13.1. The van der Waals surface area contributed by atoms with E-state index >= 15 is 0 Å². The Kier molecular flexibility index (Phi) is 5.20. The number of halogens is 1. The Labute approximate surface area is 152 Å². The monoisotopic (exact) mass is 358 g/mol. The lowest BCUT2D eigenvalue weighted by molar-refractivity contribution is -0.147. The van der Waals surface area contributed by atoms with E-state index in [1.165, 1.54) is 29.2 Å². The van der Waals surface area contributed by atoms with Crippen molar-refractivity contribution in [2.45, 2.75) is 39.2 Å². The number of likely N-dealkylation sites (tertiary alicyclic amines) is 1. The summed E-state index contributed by atoms with van der Waals surface area (Å²) in [5.74, 6) is -1.93. The Hall–Kier alpha value is -2.50. The normalized spacial score (nSPS) is 23.3. The summed E-state index contributed by atoms with van der Waals surface area (Å²) in [6, 6.07) is 4.55. The van der Waals surface area contributed by atoms with Crippen LogP contribution in [0.4, 0.5) is 10.1 Å². The van der Waals surface area contributed by atoms with Gasteiger partial charge in [0.2, 0.25) is 17.7 Å². The highest BCUT2D eigenvalue weighted by Crippen LogP contribution is 2.37. The summed E-state index contributed by atoms with van der Waals surface area (Å²) in [6.45, 7) is 3.88. The lowest BCUT2D eigenvalue weighted by atomic mass is 9.85. The second kappa shape index (κ2) is 7.40. The summed E-state index contributed by atoms with van der Waals surface area (Å²) in [4.78, 5) is 39.7. The molecule has 1 heterocycles. The number of allylic oxidation sites excluding steroid dienone is 2. The van der Waals surface area contributed by atoms with Gasteiger partial charge in [-0.1, -0.05) is 26.0 Å². The molecule has 3 unspecified atom stereocenters. The van der Waals surface area contributed by atoms with E-state index in [1.54, 1.807) is 0 Å². The lowest BCUT2D eigenvalue weighted by Gasteiger charge is -2.27. The van der Waals surface area contributed by atoms with Crippen molar-refractivity contribution in [1.82, 2.24) is 4.90 Å². The predicted octanol–water partition coefficient (Wildman–Crippen LogP) is 3.13. The van der Waals surface area contributed by atoms with Gasteiger partial charge < -0.3 is 5.32 Å². The predicted molar refractivity (Wildman–Crippen MR) is 95.5 cm³/mol. The van der Waals surface area contributed by atoms with E-state index < -0.39 is 17.8 Å². The van der Waals surface area contributed by atoms with E-state index in [2.05, 4.69) is 5.32 Å². The third kappa shape index (κ3) is 3.54. The van der Waals surface area contributed by atoms with Crippen molar-refractivity contribution < 1.29 is 18.8 Å². The van der Waals surface area contributed by atoms with Crippen LogP contribution in [0.5, 0.6) is 0 Å². The second-order valence-electron chi connectivity index (χ2n) is 7.34. The Morgan fingerprint density at radius 3 is 2.15 bits per heavy atom. The van der Waals surface area contributed by atoms with Crippen molar-refractivity contribution in [2.24, 2.45) is 17.8 Å². The zero-order valence-corrected chi connectivity index (χ0v) is 14.9. The van der Waals surface area contributed by atoms with Gasteiger partial charge in [0, 0.05) is 5.69 Å². The van der Waals surface area contributed by atoms with Gasteiger partial charge in [0.1, 0.15) is 11.9 Å². The van der Waals surface area contributed by atoms with Gasteiger partial charge in [-0.2, -0.15) is 0 Å². The van der Waals surface area contributed by atoms with Gasteiger partial charge in [-0.25, -0.2) is 4.39 Å². The second-order valence-corrected chi connectivity index (χ2v) is 7.34. The van der Waals surface area contributed by atoms with Crippen LogP contribution < -0.4 is 5.32 Å². The minimum Gasteiger partial charge on any atom is -0.324 e. The molecule has 3 atom stereocenters. The van der Waals surface area contributed by atoms with Gasteiger partial charge >= 0.3 is 0 Å².